The van der Waals surface area contributed by atoms with Gasteiger partial charge < -0.3 is 20.1 Å². The van der Waals surface area contributed by atoms with Crippen molar-refractivity contribution in [3.05, 3.63) is 30.3 Å². The van der Waals surface area contributed by atoms with E-state index in [0.717, 1.165) is 30.8 Å². The first-order chi connectivity index (χ1) is 10.3. The Morgan fingerprint density at radius 1 is 1.36 bits per heavy atom. The van der Waals surface area contributed by atoms with Gasteiger partial charge in [0.25, 0.3) is 0 Å². The average molecular weight is 304 g/mol. The fourth-order valence-electron chi connectivity index (χ4n) is 2.25. The van der Waals surface area contributed by atoms with E-state index in [2.05, 4.69) is 27.8 Å². The van der Waals surface area contributed by atoms with Gasteiger partial charge in [0.05, 0.1) is 12.8 Å². The van der Waals surface area contributed by atoms with Crippen LogP contribution in [-0.2, 0) is 4.74 Å². The maximum Gasteiger partial charge on any atom is 0.188 e. The highest BCUT2D eigenvalue weighted by molar-refractivity contribution is 5.66. The standard InChI is InChI=1S/C16H24N4O2/c1-11(22-16(2,3)4)20-8-6-12(7-9-20)13-10-14(21-5)15(17)19-18-13/h6,10H,1,7-9H2,2-5H3,(H2,17,19). The predicted molar refractivity (Wildman–Crippen MR) is 87.1 cm³/mol. The number of nitrogens with two attached hydrogens (primary N) is 1. The van der Waals surface area contributed by atoms with Crippen LogP contribution in [0.3, 0.4) is 0 Å². The molecule has 2 N–H and O–H groups in total. The van der Waals surface area contributed by atoms with Gasteiger partial charge >= 0.3 is 0 Å². The van der Waals surface area contributed by atoms with Gasteiger partial charge in [-0.1, -0.05) is 6.08 Å². The van der Waals surface area contributed by atoms with Crippen molar-refractivity contribution in [2.75, 3.05) is 25.9 Å². The number of rotatable bonds is 4. The topological polar surface area (TPSA) is 73.5 Å². The smallest absolute Gasteiger partial charge is 0.188 e. The molecular weight excluding hydrogens is 280 g/mol. The number of hydrogen-bond acceptors (Lipinski definition) is 6. The summed E-state index contributed by atoms with van der Waals surface area (Å²) in [6.07, 6.45) is 2.95. The highest BCUT2D eigenvalue weighted by atomic mass is 16.5. The van der Waals surface area contributed by atoms with E-state index in [1.165, 1.54) is 0 Å². The van der Waals surface area contributed by atoms with Crippen molar-refractivity contribution in [3.63, 3.8) is 0 Å². The lowest BCUT2D eigenvalue weighted by Gasteiger charge is -2.33. The molecule has 0 aromatic carbocycles. The summed E-state index contributed by atoms with van der Waals surface area (Å²) < 4.78 is 11.0. The summed E-state index contributed by atoms with van der Waals surface area (Å²) >= 11 is 0. The van der Waals surface area contributed by atoms with Crippen LogP contribution < -0.4 is 10.5 Å². The van der Waals surface area contributed by atoms with Crippen molar-refractivity contribution in [3.8, 4) is 5.75 Å². The zero-order valence-corrected chi connectivity index (χ0v) is 13.7. The molecule has 0 spiro atoms. The molecule has 22 heavy (non-hydrogen) atoms. The third-order valence-electron chi connectivity index (χ3n) is 3.32. The number of methoxy groups -OCH3 is 1. The molecule has 1 aliphatic rings. The lowest BCUT2D eigenvalue weighted by atomic mass is 10.0. The maximum absolute atomic E-state index is 5.81. The van der Waals surface area contributed by atoms with E-state index < -0.39 is 0 Å². The van der Waals surface area contributed by atoms with Gasteiger partial charge in [0.1, 0.15) is 5.60 Å². The van der Waals surface area contributed by atoms with Crippen molar-refractivity contribution >= 4 is 11.4 Å². The maximum atomic E-state index is 5.81. The third kappa shape index (κ3) is 3.90. The average Bonchev–Trinajstić information content (AvgIpc) is 2.46. The van der Waals surface area contributed by atoms with Gasteiger partial charge in [-0.25, -0.2) is 0 Å². The molecule has 1 aliphatic heterocycles. The molecule has 0 aliphatic carbocycles. The Morgan fingerprint density at radius 3 is 2.64 bits per heavy atom. The van der Waals surface area contributed by atoms with Crippen LogP contribution in [0.2, 0.25) is 0 Å². The number of anilines is 1. The second-order valence-corrected chi connectivity index (χ2v) is 6.22. The SMILES string of the molecule is C=C(OC(C)(C)C)N1CC=C(c2cc(OC)c(N)nn2)CC1. The monoisotopic (exact) mass is 304 g/mol. The molecule has 2 heterocycles. The van der Waals surface area contributed by atoms with E-state index >= 15 is 0 Å². The number of ether oxygens (including phenoxy) is 2. The van der Waals surface area contributed by atoms with Gasteiger partial charge in [0.2, 0.25) is 0 Å². The molecule has 6 heteroatoms. The van der Waals surface area contributed by atoms with Crippen LogP contribution in [0.4, 0.5) is 5.82 Å². The Morgan fingerprint density at radius 2 is 2.09 bits per heavy atom. The Balaban J connectivity index is 2.07. The molecular formula is C16H24N4O2. The van der Waals surface area contributed by atoms with Crippen LogP contribution in [0.5, 0.6) is 5.75 Å². The van der Waals surface area contributed by atoms with Gasteiger partial charge in [-0.05, 0) is 39.3 Å². The second-order valence-electron chi connectivity index (χ2n) is 6.22. The zero-order chi connectivity index (χ0) is 16.3. The zero-order valence-electron chi connectivity index (χ0n) is 13.7. The first-order valence-electron chi connectivity index (χ1n) is 7.29. The summed E-state index contributed by atoms with van der Waals surface area (Å²) in [5.41, 5.74) is 7.39. The van der Waals surface area contributed by atoms with E-state index in [1.54, 1.807) is 7.11 Å². The minimum atomic E-state index is -0.239. The summed E-state index contributed by atoms with van der Waals surface area (Å²) in [5.74, 6) is 1.55. The Hall–Kier alpha value is -2.24. The van der Waals surface area contributed by atoms with Crippen molar-refractivity contribution in [2.45, 2.75) is 32.8 Å². The van der Waals surface area contributed by atoms with Crippen LogP contribution in [0.25, 0.3) is 5.57 Å². The Kier molecular flexibility index (Phi) is 4.59. The summed E-state index contributed by atoms with van der Waals surface area (Å²) in [7, 11) is 1.57. The van der Waals surface area contributed by atoms with E-state index in [1.807, 2.05) is 26.8 Å². The van der Waals surface area contributed by atoms with Crippen molar-refractivity contribution in [1.82, 2.24) is 15.1 Å². The lowest BCUT2D eigenvalue weighted by molar-refractivity contribution is 0.00561. The summed E-state index contributed by atoms with van der Waals surface area (Å²) in [4.78, 5) is 2.11. The molecule has 0 bridgehead atoms. The quantitative estimate of drug-likeness (QED) is 0.861. The molecule has 0 saturated carbocycles. The number of hydrogen-bond donors (Lipinski definition) is 1. The molecule has 1 aromatic heterocycles. The highest BCUT2D eigenvalue weighted by Gasteiger charge is 2.20. The van der Waals surface area contributed by atoms with E-state index in [4.69, 9.17) is 15.2 Å². The van der Waals surface area contributed by atoms with Crippen LogP contribution in [0, 0.1) is 0 Å². The van der Waals surface area contributed by atoms with Crippen LogP contribution in [0.15, 0.2) is 24.6 Å². The normalized spacial score (nSPS) is 15.3. The largest absolute Gasteiger partial charge is 0.493 e. The van der Waals surface area contributed by atoms with E-state index in [9.17, 15) is 0 Å². The van der Waals surface area contributed by atoms with E-state index in [-0.39, 0.29) is 5.60 Å². The Bertz CT molecular complexity index is 590. The molecule has 1 aromatic rings. The molecule has 0 unspecified atom stereocenters. The molecule has 120 valence electrons. The molecule has 6 nitrogen and oxygen atoms in total. The van der Waals surface area contributed by atoms with E-state index in [0.29, 0.717) is 17.5 Å². The van der Waals surface area contributed by atoms with Gasteiger partial charge in [-0.2, -0.15) is 0 Å². The van der Waals surface area contributed by atoms with Crippen molar-refractivity contribution in [2.24, 2.45) is 0 Å². The number of nitrogens with zero attached hydrogens (tertiary/aromatic N) is 3. The van der Waals surface area contributed by atoms with Gasteiger partial charge in [0.15, 0.2) is 17.5 Å². The third-order valence-corrected chi connectivity index (χ3v) is 3.32. The summed E-state index contributed by atoms with van der Waals surface area (Å²) in [6.45, 7) is 11.6. The summed E-state index contributed by atoms with van der Waals surface area (Å²) in [5, 5.41) is 8.08. The molecule has 0 atom stereocenters. The fourth-order valence-corrected chi connectivity index (χ4v) is 2.25. The first kappa shape index (κ1) is 16.1. The van der Waals surface area contributed by atoms with Crippen LogP contribution in [0.1, 0.15) is 32.9 Å². The fraction of sp³-hybridized carbons (Fsp3) is 0.500. The second kappa shape index (κ2) is 6.25. The van der Waals surface area contributed by atoms with Gasteiger partial charge in [-0.15, -0.1) is 10.2 Å². The van der Waals surface area contributed by atoms with Crippen molar-refractivity contribution in [1.29, 1.82) is 0 Å². The van der Waals surface area contributed by atoms with Gasteiger partial charge in [-0.3, -0.25) is 0 Å². The predicted octanol–water partition coefficient (Wildman–Crippen LogP) is 2.44. The molecule has 2 rings (SSSR count). The minimum absolute atomic E-state index is 0.239. The van der Waals surface area contributed by atoms with Crippen LogP contribution in [-0.4, -0.2) is 40.9 Å². The van der Waals surface area contributed by atoms with Crippen LogP contribution >= 0.6 is 0 Å². The first-order valence-corrected chi connectivity index (χ1v) is 7.29. The molecule has 0 saturated heterocycles. The van der Waals surface area contributed by atoms with Gasteiger partial charge in [0, 0.05) is 19.2 Å². The number of aromatic nitrogens is 2. The number of nitrogen functional groups attached to an aromatic ring is 1. The molecule has 0 radical (unpaired) electrons. The summed E-state index contributed by atoms with van der Waals surface area (Å²) in [6, 6.07) is 1.82. The Labute approximate surface area is 131 Å². The lowest BCUT2D eigenvalue weighted by Crippen LogP contribution is -2.32. The van der Waals surface area contributed by atoms with Crippen molar-refractivity contribution < 1.29 is 9.47 Å². The molecule has 0 amide bonds. The minimum Gasteiger partial charge on any atom is -0.493 e. The highest BCUT2D eigenvalue weighted by Crippen LogP contribution is 2.27. The molecule has 0 fully saturated rings.